The van der Waals surface area contributed by atoms with E-state index in [0.717, 1.165) is 13.1 Å². The third-order valence-corrected chi connectivity index (χ3v) is 4.25. The van der Waals surface area contributed by atoms with Crippen LogP contribution < -0.4 is 10.6 Å². The molecule has 1 aromatic carbocycles. The van der Waals surface area contributed by atoms with E-state index in [2.05, 4.69) is 48.9 Å². The Labute approximate surface area is 117 Å². The quantitative estimate of drug-likeness (QED) is 0.906. The van der Waals surface area contributed by atoms with Crippen LogP contribution >= 0.6 is 0 Å². The molecule has 1 aliphatic rings. The number of anilines is 1. The van der Waals surface area contributed by atoms with Gasteiger partial charge < -0.3 is 15.5 Å². The summed E-state index contributed by atoms with van der Waals surface area (Å²) in [6, 6.07) is 7.35. The third kappa shape index (κ3) is 3.28. The highest BCUT2D eigenvalue weighted by Gasteiger charge is 2.22. The lowest BCUT2D eigenvalue weighted by Crippen LogP contribution is -2.39. The Bertz CT molecular complexity index is 416. The number of rotatable bonds is 3. The van der Waals surface area contributed by atoms with Gasteiger partial charge in [-0.2, -0.15) is 0 Å². The van der Waals surface area contributed by atoms with Crippen LogP contribution in [0.4, 0.5) is 5.69 Å². The molecule has 0 spiro atoms. The topological polar surface area (TPSA) is 32.5 Å². The van der Waals surface area contributed by atoms with Crippen molar-refractivity contribution in [1.29, 1.82) is 0 Å². The molecule has 1 atom stereocenters. The van der Waals surface area contributed by atoms with Crippen LogP contribution in [0.5, 0.6) is 0 Å². The first kappa shape index (κ1) is 14.4. The number of nitrogens with two attached hydrogens (primary N) is 1. The minimum Gasteiger partial charge on any atom is -0.367 e. The van der Waals surface area contributed by atoms with Gasteiger partial charge in [0.2, 0.25) is 0 Å². The summed E-state index contributed by atoms with van der Waals surface area (Å²) in [4.78, 5) is 5.03. The lowest BCUT2D eigenvalue weighted by Gasteiger charge is -2.32. The molecule has 1 aromatic rings. The monoisotopic (exact) mass is 261 g/mol. The zero-order valence-electron chi connectivity index (χ0n) is 12.5. The molecule has 3 nitrogen and oxygen atoms in total. The van der Waals surface area contributed by atoms with Crippen LogP contribution in [0.2, 0.25) is 0 Å². The van der Waals surface area contributed by atoms with Crippen molar-refractivity contribution in [3.05, 3.63) is 29.3 Å². The second kappa shape index (κ2) is 6.40. The van der Waals surface area contributed by atoms with Crippen LogP contribution in [0.15, 0.2) is 18.2 Å². The second-order valence-corrected chi connectivity index (χ2v) is 5.69. The molecule has 3 heteroatoms. The lowest BCUT2D eigenvalue weighted by atomic mass is 10.1. The van der Waals surface area contributed by atoms with E-state index < -0.39 is 0 Å². The van der Waals surface area contributed by atoms with Gasteiger partial charge >= 0.3 is 0 Å². The normalized spacial score (nSPS) is 21.5. The van der Waals surface area contributed by atoms with Crippen molar-refractivity contribution in [1.82, 2.24) is 4.90 Å². The van der Waals surface area contributed by atoms with E-state index in [1.165, 1.54) is 36.2 Å². The molecule has 19 heavy (non-hydrogen) atoms. The highest BCUT2D eigenvalue weighted by atomic mass is 15.2. The van der Waals surface area contributed by atoms with Crippen molar-refractivity contribution in [2.24, 2.45) is 5.73 Å². The molecule has 106 valence electrons. The number of aryl methyl sites for hydroxylation is 1. The second-order valence-electron chi connectivity index (χ2n) is 5.69. The summed E-state index contributed by atoms with van der Waals surface area (Å²) in [5.74, 6) is 0. The number of likely N-dealkylation sites (N-methyl/N-ethyl adjacent to an activating group) is 1. The highest BCUT2D eigenvalue weighted by Crippen LogP contribution is 2.24. The molecule has 0 amide bonds. The molecule has 1 fully saturated rings. The number of hydrogen-bond acceptors (Lipinski definition) is 3. The predicted molar refractivity (Wildman–Crippen MR) is 82.6 cm³/mol. The average molecular weight is 261 g/mol. The zero-order chi connectivity index (χ0) is 13.8. The number of benzene rings is 1. The Morgan fingerprint density at radius 3 is 2.74 bits per heavy atom. The van der Waals surface area contributed by atoms with Gasteiger partial charge in [0.15, 0.2) is 0 Å². The molecule has 2 N–H and O–H groups in total. The van der Waals surface area contributed by atoms with Gasteiger partial charge in [-0.3, -0.25) is 0 Å². The van der Waals surface area contributed by atoms with Gasteiger partial charge in [0.25, 0.3) is 0 Å². The van der Waals surface area contributed by atoms with Gasteiger partial charge in [-0.1, -0.05) is 13.0 Å². The molecule has 0 saturated carbocycles. The van der Waals surface area contributed by atoms with Gasteiger partial charge in [-0.25, -0.2) is 0 Å². The Morgan fingerprint density at radius 2 is 2.11 bits per heavy atom. The summed E-state index contributed by atoms with van der Waals surface area (Å²) in [7, 11) is 2.23. The molecule has 1 saturated heterocycles. The van der Waals surface area contributed by atoms with Crippen LogP contribution in [-0.4, -0.2) is 37.6 Å². The van der Waals surface area contributed by atoms with Crippen LogP contribution in [0.3, 0.4) is 0 Å². The van der Waals surface area contributed by atoms with E-state index in [4.69, 9.17) is 5.73 Å². The van der Waals surface area contributed by atoms with Crippen molar-refractivity contribution in [2.45, 2.75) is 39.3 Å². The van der Waals surface area contributed by atoms with Crippen molar-refractivity contribution in [2.75, 3.05) is 31.6 Å². The molecule has 1 unspecified atom stereocenters. The van der Waals surface area contributed by atoms with Crippen molar-refractivity contribution < 1.29 is 0 Å². The van der Waals surface area contributed by atoms with E-state index in [9.17, 15) is 0 Å². The van der Waals surface area contributed by atoms with Gasteiger partial charge in [0, 0.05) is 31.4 Å². The van der Waals surface area contributed by atoms with Gasteiger partial charge in [0.05, 0.1) is 0 Å². The average Bonchev–Trinajstić information content (AvgIpc) is 2.60. The van der Waals surface area contributed by atoms with Crippen LogP contribution in [0.25, 0.3) is 0 Å². The Morgan fingerprint density at radius 1 is 1.32 bits per heavy atom. The first-order valence-electron chi connectivity index (χ1n) is 7.40. The lowest BCUT2D eigenvalue weighted by molar-refractivity contribution is 0.328. The van der Waals surface area contributed by atoms with Crippen LogP contribution in [0.1, 0.15) is 30.9 Å². The van der Waals surface area contributed by atoms with Crippen LogP contribution in [0, 0.1) is 6.92 Å². The summed E-state index contributed by atoms with van der Waals surface area (Å²) < 4.78 is 0. The summed E-state index contributed by atoms with van der Waals surface area (Å²) in [5.41, 5.74) is 9.68. The fourth-order valence-corrected chi connectivity index (χ4v) is 3.02. The summed E-state index contributed by atoms with van der Waals surface area (Å²) in [6.45, 7) is 8.60. The van der Waals surface area contributed by atoms with Gasteiger partial charge in [0.1, 0.15) is 0 Å². The summed E-state index contributed by atoms with van der Waals surface area (Å²) in [5, 5.41) is 0. The van der Waals surface area contributed by atoms with Gasteiger partial charge in [-0.05, 0) is 56.6 Å². The Balaban J connectivity index is 2.25. The van der Waals surface area contributed by atoms with Crippen molar-refractivity contribution in [3.63, 3.8) is 0 Å². The highest BCUT2D eigenvalue weighted by molar-refractivity contribution is 5.52. The fourth-order valence-electron chi connectivity index (χ4n) is 3.02. The van der Waals surface area contributed by atoms with E-state index in [-0.39, 0.29) is 0 Å². The largest absolute Gasteiger partial charge is 0.367 e. The minimum atomic E-state index is 0.621. The maximum atomic E-state index is 5.76. The number of hydrogen-bond donors (Lipinski definition) is 1. The van der Waals surface area contributed by atoms with Crippen LogP contribution in [-0.2, 0) is 6.54 Å². The van der Waals surface area contributed by atoms with E-state index in [0.29, 0.717) is 12.6 Å². The maximum absolute atomic E-state index is 5.76. The smallest absolute Gasteiger partial charge is 0.0414 e. The van der Waals surface area contributed by atoms with E-state index >= 15 is 0 Å². The molecule has 2 rings (SSSR count). The summed E-state index contributed by atoms with van der Waals surface area (Å²) in [6.07, 6.45) is 2.44. The van der Waals surface area contributed by atoms with Gasteiger partial charge in [-0.15, -0.1) is 0 Å². The molecular formula is C16H27N3. The first-order valence-corrected chi connectivity index (χ1v) is 7.40. The predicted octanol–water partition coefficient (Wildman–Crippen LogP) is 2.37. The maximum Gasteiger partial charge on any atom is 0.0414 e. The molecule has 0 bridgehead atoms. The molecule has 0 aromatic heterocycles. The van der Waals surface area contributed by atoms with Crippen molar-refractivity contribution in [3.8, 4) is 0 Å². The molecule has 0 aliphatic carbocycles. The number of nitrogens with zero attached hydrogens (tertiary/aromatic N) is 2. The molecular weight excluding hydrogens is 234 g/mol. The first-order chi connectivity index (χ1) is 9.15. The third-order valence-electron chi connectivity index (χ3n) is 4.25. The molecule has 1 heterocycles. The minimum absolute atomic E-state index is 0.621. The van der Waals surface area contributed by atoms with E-state index in [1.807, 2.05) is 0 Å². The fraction of sp³-hybridized carbons (Fsp3) is 0.625. The SMILES string of the molecule is CCC1CN(C)CCCN1c1ccc(CN)c(C)c1. The van der Waals surface area contributed by atoms with E-state index in [1.54, 1.807) is 0 Å². The van der Waals surface area contributed by atoms with Crippen molar-refractivity contribution >= 4 is 5.69 Å². The Kier molecular flexibility index (Phi) is 4.83. The molecule has 1 aliphatic heterocycles. The standard InChI is InChI=1S/C16H27N3/c1-4-15-12-18(3)8-5-9-19(15)16-7-6-14(11-17)13(2)10-16/h6-7,10,15H,4-5,8-9,11-12,17H2,1-3H3. The zero-order valence-corrected chi connectivity index (χ0v) is 12.5. The summed E-state index contributed by atoms with van der Waals surface area (Å²) >= 11 is 0. The Hall–Kier alpha value is -1.06. The molecule has 0 radical (unpaired) electrons.